The molecule has 1 rings (SSSR count). The Balaban J connectivity index is 2.45. The van der Waals surface area contributed by atoms with Crippen molar-refractivity contribution in [3.8, 4) is 5.75 Å². The Morgan fingerprint density at radius 2 is 1.96 bits per heavy atom. The largest absolute Gasteiger partial charge is 0.491 e. The summed E-state index contributed by atoms with van der Waals surface area (Å²) in [5.41, 5.74) is -0.499. The molecule has 0 spiro atoms. The third-order valence-corrected chi connectivity index (χ3v) is 3.48. The first-order chi connectivity index (χ1) is 12.5. The van der Waals surface area contributed by atoms with Gasteiger partial charge in [0.05, 0.1) is 7.11 Å². The summed E-state index contributed by atoms with van der Waals surface area (Å²) in [6.45, 7) is 8.59. The summed E-state index contributed by atoms with van der Waals surface area (Å²) in [5, 5.41) is 3.21. The van der Waals surface area contributed by atoms with Crippen molar-refractivity contribution in [2.24, 2.45) is 0 Å². The number of halogens is 1. The fourth-order valence-corrected chi connectivity index (χ4v) is 2.08. The van der Waals surface area contributed by atoms with Gasteiger partial charge in [0.1, 0.15) is 29.3 Å². The highest BCUT2D eigenvalue weighted by molar-refractivity contribution is 5.92. The van der Waals surface area contributed by atoms with Gasteiger partial charge in [-0.3, -0.25) is 0 Å². The van der Waals surface area contributed by atoms with Gasteiger partial charge in [-0.1, -0.05) is 0 Å². The third kappa shape index (κ3) is 8.25. The van der Waals surface area contributed by atoms with E-state index in [0.29, 0.717) is 13.1 Å². The van der Waals surface area contributed by atoms with E-state index in [0.717, 1.165) is 6.07 Å². The van der Waals surface area contributed by atoms with Crippen LogP contribution in [0.4, 0.5) is 9.18 Å². The molecule has 152 valence electrons. The molecule has 0 aliphatic rings. The Hall–Kier alpha value is -2.35. The van der Waals surface area contributed by atoms with Crippen LogP contribution in [-0.4, -0.2) is 62.5 Å². The van der Waals surface area contributed by atoms with Gasteiger partial charge < -0.3 is 24.4 Å². The molecule has 1 aromatic carbocycles. The van der Waals surface area contributed by atoms with Gasteiger partial charge in [-0.25, -0.2) is 14.0 Å². The van der Waals surface area contributed by atoms with Crippen LogP contribution < -0.4 is 10.1 Å². The number of nitrogens with one attached hydrogen (secondary N) is 1. The van der Waals surface area contributed by atoms with Crippen LogP contribution in [0.1, 0.15) is 38.1 Å². The maximum absolute atomic E-state index is 13.3. The van der Waals surface area contributed by atoms with Gasteiger partial charge in [-0.2, -0.15) is 0 Å². The molecule has 7 nitrogen and oxygen atoms in total. The van der Waals surface area contributed by atoms with Crippen molar-refractivity contribution in [1.82, 2.24) is 10.2 Å². The van der Waals surface area contributed by atoms with E-state index in [4.69, 9.17) is 9.47 Å². The van der Waals surface area contributed by atoms with E-state index in [1.165, 1.54) is 24.1 Å². The molecule has 0 fully saturated rings. The van der Waals surface area contributed by atoms with E-state index in [1.807, 2.05) is 27.7 Å². The zero-order valence-electron chi connectivity index (χ0n) is 16.8. The van der Waals surface area contributed by atoms with Crippen molar-refractivity contribution in [2.45, 2.75) is 39.3 Å². The van der Waals surface area contributed by atoms with E-state index in [-0.39, 0.29) is 30.1 Å². The smallest absolute Gasteiger partial charge is 0.410 e. The average Bonchev–Trinajstić information content (AvgIpc) is 2.58. The summed E-state index contributed by atoms with van der Waals surface area (Å²) in [5.74, 6) is -0.953. The van der Waals surface area contributed by atoms with E-state index in [1.54, 1.807) is 7.05 Å². The normalized spacial score (nSPS) is 12.3. The minimum atomic E-state index is -0.663. The second-order valence-electron chi connectivity index (χ2n) is 7.20. The lowest BCUT2D eigenvalue weighted by atomic mass is 10.2. The Kier molecular flexibility index (Phi) is 8.49. The molecule has 0 aromatic heterocycles. The van der Waals surface area contributed by atoms with Crippen molar-refractivity contribution < 1.29 is 28.2 Å². The van der Waals surface area contributed by atoms with Crippen LogP contribution in [0.25, 0.3) is 0 Å². The average molecular weight is 384 g/mol. The second kappa shape index (κ2) is 10.1. The molecule has 0 saturated heterocycles. The highest BCUT2D eigenvalue weighted by atomic mass is 19.1. The molecule has 0 saturated carbocycles. The second-order valence-corrected chi connectivity index (χ2v) is 7.20. The summed E-state index contributed by atoms with van der Waals surface area (Å²) in [6.07, 6.45) is -0.387. The molecule has 1 aromatic rings. The van der Waals surface area contributed by atoms with Gasteiger partial charge in [-0.05, 0) is 45.9 Å². The molecule has 1 atom stereocenters. The molecule has 8 heteroatoms. The molecule has 0 aliphatic heterocycles. The van der Waals surface area contributed by atoms with Crippen LogP contribution in [0, 0.1) is 5.82 Å². The Bertz CT molecular complexity index is 645. The van der Waals surface area contributed by atoms with E-state index < -0.39 is 17.4 Å². The lowest BCUT2D eigenvalue weighted by Gasteiger charge is -2.25. The molecule has 0 radical (unpaired) electrons. The number of methoxy groups -OCH3 is 1. The van der Waals surface area contributed by atoms with Crippen molar-refractivity contribution >= 4 is 12.1 Å². The molecule has 27 heavy (non-hydrogen) atoms. The molecular weight excluding hydrogens is 355 g/mol. The number of esters is 1. The summed E-state index contributed by atoms with van der Waals surface area (Å²) in [4.78, 5) is 25.1. The summed E-state index contributed by atoms with van der Waals surface area (Å²) < 4.78 is 28.9. The lowest BCUT2D eigenvalue weighted by Crippen LogP contribution is -2.41. The predicted octanol–water partition coefficient (Wildman–Crippen LogP) is 2.84. The Morgan fingerprint density at radius 3 is 2.56 bits per heavy atom. The van der Waals surface area contributed by atoms with Gasteiger partial charge in [0, 0.05) is 26.2 Å². The minimum Gasteiger partial charge on any atom is -0.491 e. The quantitative estimate of drug-likeness (QED) is 0.695. The fraction of sp³-hybridized carbons (Fsp3) is 0.579. The zero-order chi connectivity index (χ0) is 20.6. The Labute approximate surface area is 159 Å². The van der Waals surface area contributed by atoms with Gasteiger partial charge >= 0.3 is 12.1 Å². The number of hydrogen-bond acceptors (Lipinski definition) is 6. The maximum Gasteiger partial charge on any atom is 0.410 e. The first-order valence-electron chi connectivity index (χ1n) is 8.71. The first kappa shape index (κ1) is 22.7. The van der Waals surface area contributed by atoms with Crippen LogP contribution in [0.2, 0.25) is 0 Å². The molecule has 0 bridgehead atoms. The van der Waals surface area contributed by atoms with Crippen molar-refractivity contribution in [1.29, 1.82) is 0 Å². The van der Waals surface area contributed by atoms with Gasteiger partial charge in [0.2, 0.25) is 0 Å². The highest BCUT2D eigenvalue weighted by Gasteiger charge is 2.19. The number of carbonyl (C=O) groups excluding carboxylic acids is 2. The van der Waals surface area contributed by atoms with Gasteiger partial charge in [0.15, 0.2) is 0 Å². The fourth-order valence-electron chi connectivity index (χ4n) is 2.08. The van der Waals surface area contributed by atoms with Crippen molar-refractivity contribution in [3.05, 3.63) is 29.6 Å². The first-order valence-corrected chi connectivity index (χ1v) is 8.71. The number of amides is 1. The molecular formula is C19H29FN2O5. The van der Waals surface area contributed by atoms with E-state index in [9.17, 15) is 14.0 Å². The van der Waals surface area contributed by atoms with E-state index >= 15 is 0 Å². The van der Waals surface area contributed by atoms with Gasteiger partial charge in [-0.15, -0.1) is 0 Å². The lowest BCUT2D eigenvalue weighted by molar-refractivity contribution is 0.0299. The predicted molar refractivity (Wildman–Crippen MR) is 99.6 cm³/mol. The topological polar surface area (TPSA) is 77.1 Å². The summed E-state index contributed by atoms with van der Waals surface area (Å²) in [6, 6.07) is 3.63. The van der Waals surface area contributed by atoms with E-state index in [2.05, 4.69) is 10.1 Å². The van der Waals surface area contributed by atoms with Crippen LogP contribution in [0.5, 0.6) is 5.75 Å². The Morgan fingerprint density at radius 1 is 1.30 bits per heavy atom. The summed E-state index contributed by atoms with van der Waals surface area (Å²) >= 11 is 0. The monoisotopic (exact) mass is 384 g/mol. The highest BCUT2D eigenvalue weighted by Crippen LogP contribution is 2.20. The number of hydrogen-bond donors (Lipinski definition) is 1. The zero-order valence-corrected chi connectivity index (χ0v) is 16.8. The van der Waals surface area contributed by atoms with Crippen LogP contribution in [-0.2, 0) is 9.47 Å². The van der Waals surface area contributed by atoms with Crippen molar-refractivity contribution in [3.63, 3.8) is 0 Å². The maximum atomic E-state index is 13.3. The summed E-state index contributed by atoms with van der Waals surface area (Å²) in [7, 11) is 2.89. The molecule has 1 N–H and O–H groups in total. The van der Waals surface area contributed by atoms with Gasteiger partial charge in [0.25, 0.3) is 0 Å². The molecule has 1 unspecified atom stereocenters. The number of rotatable bonds is 8. The molecule has 0 aliphatic carbocycles. The number of likely N-dealkylation sites (N-methyl/N-ethyl adjacent to an activating group) is 1. The third-order valence-electron chi connectivity index (χ3n) is 3.48. The molecule has 1 amide bonds. The van der Waals surface area contributed by atoms with Crippen LogP contribution in [0.3, 0.4) is 0 Å². The number of nitrogens with zero attached hydrogens (tertiary/aromatic N) is 1. The standard InChI is InChI=1S/C19H29FN2O5/c1-13(21-9-10-22(5)18(24)27-19(2,3)4)12-26-16-8-7-14(20)11-15(16)17(23)25-6/h7-8,11,13,21H,9-10,12H2,1-6H3. The van der Waals surface area contributed by atoms with Crippen LogP contribution >= 0.6 is 0 Å². The van der Waals surface area contributed by atoms with Crippen LogP contribution in [0.15, 0.2) is 18.2 Å². The minimum absolute atomic E-state index is 0.0364. The number of carbonyl (C=O) groups is 2. The van der Waals surface area contributed by atoms with Crippen molar-refractivity contribution in [2.75, 3.05) is 33.9 Å². The molecule has 0 heterocycles. The number of benzene rings is 1. The SMILES string of the molecule is COC(=O)c1cc(F)ccc1OCC(C)NCCN(C)C(=O)OC(C)(C)C. The number of ether oxygens (including phenoxy) is 3.